The van der Waals surface area contributed by atoms with Crippen LogP contribution in [0.15, 0.2) is 35.4 Å². The molecule has 0 bridgehead atoms. The lowest BCUT2D eigenvalue weighted by Gasteiger charge is -2.11. The maximum absolute atomic E-state index is 12.9. The Kier molecular flexibility index (Phi) is 3.91. The van der Waals surface area contributed by atoms with Crippen molar-refractivity contribution in [3.63, 3.8) is 0 Å². The molecule has 3 nitrogen and oxygen atoms in total. The molecule has 0 amide bonds. The number of benzene rings is 1. The molecule has 3 aromatic rings. The van der Waals surface area contributed by atoms with E-state index in [1.54, 1.807) is 17.4 Å². The molecule has 130 valence electrons. The molecule has 7 heteroatoms. The first kappa shape index (κ1) is 16.3. The smallest absolute Gasteiger partial charge is 0.294 e. The topological polar surface area (TPSA) is 34.9 Å². The van der Waals surface area contributed by atoms with Gasteiger partial charge in [-0.25, -0.2) is 4.98 Å². The van der Waals surface area contributed by atoms with Gasteiger partial charge in [0.1, 0.15) is 4.83 Å². The predicted molar refractivity (Wildman–Crippen MR) is 91.1 cm³/mol. The zero-order valence-electron chi connectivity index (χ0n) is 13.3. The Morgan fingerprint density at radius 1 is 1.20 bits per heavy atom. The zero-order chi connectivity index (χ0) is 17.6. The number of hydrogen-bond donors (Lipinski definition) is 0. The van der Waals surface area contributed by atoms with Gasteiger partial charge < -0.3 is 0 Å². The Morgan fingerprint density at radius 2 is 2.00 bits per heavy atom. The SMILES string of the molecule is O=c1c2c3c(sc2ncn1Cc1cccc(C(F)(F)F)c1)CCCC3. The lowest BCUT2D eigenvalue weighted by molar-refractivity contribution is -0.137. The van der Waals surface area contributed by atoms with Gasteiger partial charge in [0.25, 0.3) is 5.56 Å². The second kappa shape index (κ2) is 5.98. The van der Waals surface area contributed by atoms with Crippen molar-refractivity contribution in [2.75, 3.05) is 0 Å². The molecule has 0 atom stereocenters. The van der Waals surface area contributed by atoms with Crippen molar-refractivity contribution in [1.29, 1.82) is 0 Å². The number of nitrogens with zero attached hydrogens (tertiary/aromatic N) is 2. The van der Waals surface area contributed by atoms with Crippen LogP contribution in [0.4, 0.5) is 13.2 Å². The summed E-state index contributed by atoms with van der Waals surface area (Å²) in [7, 11) is 0. The van der Waals surface area contributed by atoms with E-state index in [0.717, 1.165) is 48.2 Å². The molecular weight excluding hydrogens is 349 g/mol. The summed E-state index contributed by atoms with van der Waals surface area (Å²) in [4.78, 5) is 19.2. The molecule has 4 rings (SSSR count). The molecule has 0 unspecified atom stereocenters. The van der Waals surface area contributed by atoms with Crippen LogP contribution >= 0.6 is 11.3 Å². The molecule has 2 heterocycles. The molecule has 0 N–H and O–H groups in total. The molecule has 0 spiro atoms. The van der Waals surface area contributed by atoms with E-state index in [9.17, 15) is 18.0 Å². The first-order valence-corrected chi connectivity index (χ1v) is 8.91. The van der Waals surface area contributed by atoms with E-state index >= 15 is 0 Å². The third-order valence-corrected chi connectivity index (χ3v) is 5.75. The molecule has 1 aromatic carbocycles. The van der Waals surface area contributed by atoms with Gasteiger partial charge in [0.05, 0.1) is 23.8 Å². The van der Waals surface area contributed by atoms with Gasteiger partial charge in [-0.1, -0.05) is 12.1 Å². The fourth-order valence-electron chi connectivity index (χ4n) is 3.34. The van der Waals surface area contributed by atoms with Crippen molar-refractivity contribution in [1.82, 2.24) is 9.55 Å². The number of aryl methyl sites for hydroxylation is 2. The van der Waals surface area contributed by atoms with Crippen molar-refractivity contribution in [3.8, 4) is 0 Å². The van der Waals surface area contributed by atoms with E-state index in [0.29, 0.717) is 10.9 Å². The molecule has 1 aliphatic rings. The standard InChI is InChI=1S/C18H15F3N2OS/c19-18(20,21)12-5-3-4-11(8-12)9-23-10-22-16-15(17(23)24)13-6-1-2-7-14(13)25-16/h3-5,8,10H,1-2,6-7,9H2. The Hall–Kier alpha value is -2.15. The molecule has 0 fully saturated rings. The highest BCUT2D eigenvalue weighted by Gasteiger charge is 2.30. The van der Waals surface area contributed by atoms with E-state index in [-0.39, 0.29) is 12.1 Å². The van der Waals surface area contributed by atoms with E-state index in [2.05, 4.69) is 4.98 Å². The minimum atomic E-state index is -4.39. The summed E-state index contributed by atoms with van der Waals surface area (Å²) < 4.78 is 40.0. The highest BCUT2D eigenvalue weighted by atomic mass is 32.1. The molecule has 0 saturated carbocycles. The van der Waals surface area contributed by atoms with E-state index < -0.39 is 11.7 Å². The third-order valence-electron chi connectivity index (χ3n) is 4.55. The minimum Gasteiger partial charge on any atom is -0.294 e. The molecule has 2 aromatic heterocycles. The van der Waals surface area contributed by atoms with Crippen LogP contribution in [0.5, 0.6) is 0 Å². The van der Waals surface area contributed by atoms with Crippen molar-refractivity contribution < 1.29 is 13.2 Å². The van der Waals surface area contributed by atoms with Gasteiger partial charge in [-0.2, -0.15) is 13.2 Å². The predicted octanol–water partition coefficient (Wildman–Crippen LogP) is 4.40. The van der Waals surface area contributed by atoms with Crippen LogP contribution in [-0.4, -0.2) is 9.55 Å². The van der Waals surface area contributed by atoms with Crippen LogP contribution in [0.3, 0.4) is 0 Å². The second-order valence-corrected chi connectivity index (χ2v) is 7.35. The summed E-state index contributed by atoms with van der Waals surface area (Å²) in [5.41, 5.74) is 0.645. The van der Waals surface area contributed by atoms with Gasteiger partial charge in [0.2, 0.25) is 0 Å². The van der Waals surface area contributed by atoms with Crippen molar-refractivity contribution in [2.24, 2.45) is 0 Å². The molecule has 0 aliphatic heterocycles. The largest absolute Gasteiger partial charge is 0.416 e. The normalized spacial score (nSPS) is 14.7. The molecule has 25 heavy (non-hydrogen) atoms. The number of thiophene rings is 1. The number of halogens is 3. The summed E-state index contributed by atoms with van der Waals surface area (Å²) in [5.74, 6) is 0. The first-order chi connectivity index (χ1) is 11.9. The summed E-state index contributed by atoms with van der Waals surface area (Å²) in [6.07, 6.45) is 1.07. The third kappa shape index (κ3) is 2.97. The van der Waals surface area contributed by atoms with Gasteiger partial charge in [-0.3, -0.25) is 9.36 Å². The average Bonchev–Trinajstić information content (AvgIpc) is 2.96. The zero-order valence-corrected chi connectivity index (χ0v) is 14.1. The molecule has 0 saturated heterocycles. The van der Waals surface area contributed by atoms with Crippen molar-refractivity contribution in [2.45, 2.75) is 38.4 Å². The molecule has 0 radical (unpaired) electrons. The Labute approximate surface area is 145 Å². The number of aromatic nitrogens is 2. The van der Waals surface area contributed by atoms with E-state index in [4.69, 9.17) is 0 Å². The van der Waals surface area contributed by atoms with E-state index in [1.807, 2.05) is 0 Å². The van der Waals surface area contributed by atoms with Crippen LogP contribution < -0.4 is 5.56 Å². The second-order valence-electron chi connectivity index (χ2n) is 6.27. The Bertz CT molecular complexity index is 1000. The summed E-state index contributed by atoms with van der Waals surface area (Å²) in [6.45, 7) is 0.0797. The first-order valence-electron chi connectivity index (χ1n) is 8.09. The quantitative estimate of drug-likeness (QED) is 0.675. The monoisotopic (exact) mass is 364 g/mol. The average molecular weight is 364 g/mol. The van der Waals surface area contributed by atoms with Crippen LogP contribution in [0.25, 0.3) is 10.2 Å². The van der Waals surface area contributed by atoms with Gasteiger partial charge >= 0.3 is 6.18 Å². The number of rotatable bonds is 2. The fourth-order valence-corrected chi connectivity index (χ4v) is 4.56. The van der Waals surface area contributed by atoms with E-state index in [1.165, 1.54) is 21.8 Å². The van der Waals surface area contributed by atoms with Gasteiger partial charge in [0, 0.05) is 4.88 Å². The van der Waals surface area contributed by atoms with Crippen LogP contribution in [0.1, 0.15) is 34.4 Å². The maximum atomic E-state index is 12.9. The number of alkyl halides is 3. The number of hydrogen-bond acceptors (Lipinski definition) is 3. The summed E-state index contributed by atoms with van der Waals surface area (Å²) >= 11 is 1.56. The highest BCUT2D eigenvalue weighted by molar-refractivity contribution is 7.18. The maximum Gasteiger partial charge on any atom is 0.416 e. The lowest BCUT2D eigenvalue weighted by Crippen LogP contribution is -2.22. The Balaban J connectivity index is 1.76. The van der Waals surface area contributed by atoms with Gasteiger partial charge in [-0.05, 0) is 48.9 Å². The molecule has 1 aliphatic carbocycles. The fraction of sp³-hybridized carbons (Fsp3) is 0.333. The number of fused-ring (bicyclic) bond motifs is 3. The summed E-state index contributed by atoms with van der Waals surface area (Å²) in [6, 6.07) is 5.07. The van der Waals surface area contributed by atoms with Crippen molar-refractivity contribution >= 4 is 21.6 Å². The highest BCUT2D eigenvalue weighted by Crippen LogP contribution is 2.33. The van der Waals surface area contributed by atoms with Crippen LogP contribution in [0.2, 0.25) is 0 Å². The van der Waals surface area contributed by atoms with Gasteiger partial charge in [0.15, 0.2) is 0 Å². The van der Waals surface area contributed by atoms with Crippen molar-refractivity contribution in [3.05, 3.63) is 62.5 Å². The minimum absolute atomic E-state index is 0.0797. The van der Waals surface area contributed by atoms with Gasteiger partial charge in [-0.15, -0.1) is 11.3 Å². The summed E-state index contributed by atoms with van der Waals surface area (Å²) in [5, 5.41) is 0.647. The van der Waals surface area contributed by atoms with Crippen LogP contribution in [0, 0.1) is 0 Å². The lowest BCUT2D eigenvalue weighted by atomic mass is 9.97. The Morgan fingerprint density at radius 3 is 2.80 bits per heavy atom. The molecular formula is C18H15F3N2OS. The van der Waals surface area contributed by atoms with Crippen LogP contribution in [-0.2, 0) is 25.6 Å².